The molecule has 0 radical (unpaired) electrons. The Hall–Kier alpha value is -1.38. The van der Waals surface area contributed by atoms with Gasteiger partial charge in [0.1, 0.15) is 11.5 Å². The number of hydrogen-bond acceptors (Lipinski definition) is 3. The minimum absolute atomic E-state index is 0.292. The summed E-state index contributed by atoms with van der Waals surface area (Å²) < 4.78 is 5.48. The lowest BCUT2D eigenvalue weighted by Crippen LogP contribution is -2.00. The molecule has 3 nitrogen and oxygen atoms in total. The molecule has 0 aliphatic heterocycles. The summed E-state index contributed by atoms with van der Waals surface area (Å²) in [4.78, 5) is 15.3. The Labute approximate surface area is 96.8 Å². The highest BCUT2D eigenvalue weighted by molar-refractivity contribution is 5.78. The summed E-state index contributed by atoms with van der Waals surface area (Å²) in [5.74, 6) is 1.09. The van der Waals surface area contributed by atoms with Crippen molar-refractivity contribution in [2.24, 2.45) is 0 Å². The van der Waals surface area contributed by atoms with Gasteiger partial charge in [-0.05, 0) is 24.5 Å². The van der Waals surface area contributed by atoms with Crippen LogP contribution in [0.5, 0.6) is 5.75 Å². The zero-order valence-corrected chi connectivity index (χ0v) is 10.0. The van der Waals surface area contributed by atoms with E-state index in [0.717, 1.165) is 24.2 Å². The van der Waals surface area contributed by atoms with Crippen LogP contribution in [0.25, 0.3) is 0 Å². The van der Waals surface area contributed by atoms with E-state index in [2.05, 4.69) is 11.9 Å². The van der Waals surface area contributed by atoms with Crippen molar-refractivity contribution in [3.63, 3.8) is 0 Å². The summed E-state index contributed by atoms with van der Waals surface area (Å²) >= 11 is 0. The van der Waals surface area contributed by atoms with Crippen LogP contribution in [0.15, 0.2) is 18.5 Å². The lowest BCUT2D eigenvalue weighted by atomic mass is 10.1. The van der Waals surface area contributed by atoms with Gasteiger partial charge in [-0.3, -0.25) is 9.78 Å². The van der Waals surface area contributed by atoms with Crippen LogP contribution >= 0.6 is 0 Å². The largest absolute Gasteiger partial charge is 0.492 e. The molecule has 0 unspecified atom stereocenters. The van der Waals surface area contributed by atoms with Crippen molar-refractivity contribution in [1.82, 2.24) is 4.98 Å². The second-order valence-electron chi connectivity index (χ2n) is 3.77. The van der Waals surface area contributed by atoms with Crippen molar-refractivity contribution in [2.45, 2.75) is 39.5 Å². The van der Waals surface area contributed by atoms with E-state index in [1.807, 2.05) is 13.0 Å². The van der Waals surface area contributed by atoms with Crippen molar-refractivity contribution < 1.29 is 9.53 Å². The van der Waals surface area contributed by atoms with Crippen molar-refractivity contribution in [3.05, 3.63) is 24.0 Å². The molecule has 0 amide bonds. The van der Waals surface area contributed by atoms with Gasteiger partial charge in [-0.2, -0.15) is 0 Å². The number of nitrogens with zero attached hydrogens (tertiary/aromatic N) is 1. The highest BCUT2D eigenvalue weighted by Gasteiger charge is 2.01. The van der Waals surface area contributed by atoms with E-state index in [-0.39, 0.29) is 0 Å². The molecule has 0 aromatic carbocycles. The molecule has 0 saturated heterocycles. The van der Waals surface area contributed by atoms with E-state index in [1.54, 1.807) is 12.4 Å². The molecule has 88 valence electrons. The third kappa shape index (κ3) is 4.43. The summed E-state index contributed by atoms with van der Waals surface area (Å²) in [5, 5.41) is 0. The van der Waals surface area contributed by atoms with E-state index in [0.29, 0.717) is 25.2 Å². The Morgan fingerprint density at radius 3 is 2.88 bits per heavy atom. The van der Waals surface area contributed by atoms with E-state index >= 15 is 0 Å². The van der Waals surface area contributed by atoms with E-state index in [9.17, 15) is 4.79 Å². The highest BCUT2D eigenvalue weighted by Crippen LogP contribution is 2.13. The first-order chi connectivity index (χ1) is 7.76. The first-order valence-corrected chi connectivity index (χ1v) is 5.84. The fourth-order valence-electron chi connectivity index (χ4n) is 1.36. The highest BCUT2D eigenvalue weighted by atomic mass is 16.5. The molecule has 0 fully saturated rings. The number of ether oxygens (including phenoxy) is 1. The molecule has 0 saturated carbocycles. The van der Waals surface area contributed by atoms with Crippen LogP contribution in [0.4, 0.5) is 0 Å². The number of pyridine rings is 1. The number of hydrogen-bond donors (Lipinski definition) is 0. The van der Waals surface area contributed by atoms with Crippen molar-refractivity contribution in [3.8, 4) is 5.75 Å². The molecule has 1 aromatic rings. The van der Waals surface area contributed by atoms with Crippen LogP contribution in [0, 0.1) is 0 Å². The van der Waals surface area contributed by atoms with Gasteiger partial charge < -0.3 is 4.74 Å². The van der Waals surface area contributed by atoms with Gasteiger partial charge in [0.2, 0.25) is 0 Å². The SMILES string of the molecule is CCCOc1cncc(CCC(=O)CC)c1. The van der Waals surface area contributed by atoms with Crippen molar-refractivity contribution in [2.75, 3.05) is 6.61 Å². The third-order valence-electron chi connectivity index (χ3n) is 2.33. The quantitative estimate of drug-likeness (QED) is 0.710. The van der Waals surface area contributed by atoms with Gasteiger partial charge in [0.25, 0.3) is 0 Å². The zero-order valence-electron chi connectivity index (χ0n) is 10.0. The van der Waals surface area contributed by atoms with Gasteiger partial charge in [-0.1, -0.05) is 13.8 Å². The maximum Gasteiger partial charge on any atom is 0.137 e. The molecule has 0 spiro atoms. The second-order valence-corrected chi connectivity index (χ2v) is 3.77. The van der Waals surface area contributed by atoms with Gasteiger partial charge in [-0.15, -0.1) is 0 Å². The Morgan fingerprint density at radius 2 is 2.19 bits per heavy atom. The van der Waals surface area contributed by atoms with E-state index in [4.69, 9.17) is 4.74 Å². The van der Waals surface area contributed by atoms with E-state index in [1.165, 1.54) is 0 Å². The molecule has 0 aliphatic rings. The number of aromatic nitrogens is 1. The predicted octanol–water partition coefficient (Wildman–Crippen LogP) is 2.78. The average Bonchev–Trinajstić information content (AvgIpc) is 2.34. The van der Waals surface area contributed by atoms with Crippen LogP contribution in [0.2, 0.25) is 0 Å². The number of Topliss-reactive ketones (excluding diaryl/α,β-unsaturated/α-hetero) is 1. The van der Waals surface area contributed by atoms with Crippen LogP contribution in [0.1, 0.15) is 38.7 Å². The first-order valence-electron chi connectivity index (χ1n) is 5.84. The fourth-order valence-corrected chi connectivity index (χ4v) is 1.36. The van der Waals surface area contributed by atoms with Crippen LogP contribution < -0.4 is 4.74 Å². The molecule has 16 heavy (non-hydrogen) atoms. The first kappa shape index (κ1) is 12.7. The van der Waals surface area contributed by atoms with Crippen LogP contribution in [0.3, 0.4) is 0 Å². The lowest BCUT2D eigenvalue weighted by Gasteiger charge is -2.05. The zero-order chi connectivity index (χ0) is 11.8. The normalized spacial score (nSPS) is 10.1. The standard InChI is InChI=1S/C13H19NO2/c1-3-7-16-13-8-11(9-14-10-13)5-6-12(15)4-2/h8-10H,3-7H2,1-2H3. The van der Waals surface area contributed by atoms with E-state index < -0.39 is 0 Å². The molecule has 0 N–H and O–H groups in total. The second kappa shape index (κ2) is 6.99. The Kier molecular flexibility index (Phi) is 5.54. The van der Waals surface area contributed by atoms with Crippen molar-refractivity contribution in [1.29, 1.82) is 0 Å². The number of rotatable bonds is 7. The maximum absolute atomic E-state index is 11.2. The minimum Gasteiger partial charge on any atom is -0.492 e. The van der Waals surface area contributed by atoms with Gasteiger partial charge in [0, 0.05) is 19.0 Å². The number of carbonyl (C=O) groups excluding carboxylic acids is 1. The van der Waals surface area contributed by atoms with Crippen molar-refractivity contribution >= 4 is 5.78 Å². The Balaban J connectivity index is 2.50. The molecule has 1 heterocycles. The fraction of sp³-hybridized carbons (Fsp3) is 0.538. The smallest absolute Gasteiger partial charge is 0.137 e. The average molecular weight is 221 g/mol. The molecule has 1 rings (SSSR count). The molecule has 0 aliphatic carbocycles. The predicted molar refractivity (Wildman–Crippen MR) is 63.6 cm³/mol. The lowest BCUT2D eigenvalue weighted by molar-refractivity contribution is -0.118. The van der Waals surface area contributed by atoms with Crippen LogP contribution in [-0.4, -0.2) is 17.4 Å². The Bertz CT molecular complexity index is 336. The van der Waals surface area contributed by atoms with Crippen LogP contribution in [-0.2, 0) is 11.2 Å². The molecule has 1 aromatic heterocycles. The molecule has 3 heteroatoms. The maximum atomic E-state index is 11.2. The number of ketones is 1. The van der Waals surface area contributed by atoms with Gasteiger partial charge >= 0.3 is 0 Å². The monoisotopic (exact) mass is 221 g/mol. The van der Waals surface area contributed by atoms with Gasteiger partial charge in [0.05, 0.1) is 12.8 Å². The minimum atomic E-state index is 0.292. The molecular formula is C13H19NO2. The Morgan fingerprint density at radius 1 is 1.38 bits per heavy atom. The number of carbonyl (C=O) groups is 1. The molecular weight excluding hydrogens is 202 g/mol. The summed E-state index contributed by atoms with van der Waals surface area (Å²) in [6.07, 6.45) is 6.44. The third-order valence-corrected chi connectivity index (χ3v) is 2.33. The summed E-state index contributed by atoms with van der Waals surface area (Å²) in [6.45, 7) is 4.66. The summed E-state index contributed by atoms with van der Waals surface area (Å²) in [6, 6.07) is 1.96. The summed E-state index contributed by atoms with van der Waals surface area (Å²) in [5.41, 5.74) is 1.07. The summed E-state index contributed by atoms with van der Waals surface area (Å²) in [7, 11) is 0. The molecule has 0 atom stereocenters. The topological polar surface area (TPSA) is 39.2 Å². The molecule has 0 bridgehead atoms. The number of aryl methyl sites for hydroxylation is 1. The van der Waals surface area contributed by atoms with Gasteiger partial charge in [0.15, 0.2) is 0 Å². The van der Waals surface area contributed by atoms with Gasteiger partial charge in [-0.25, -0.2) is 0 Å².